The van der Waals surface area contributed by atoms with Gasteiger partial charge in [0.15, 0.2) is 0 Å². The molecule has 2 amide bonds. The second kappa shape index (κ2) is 7.64. The van der Waals surface area contributed by atoms with Crippen LogP contribution in [0.2, 0.25) is 0 Å². The van der Waals surface area contributed by atoms with Gasteiger partial charge in [-0.3, -0.25) is 9.13 Å². The summed E-state index contributed by atoms with van der Waals surface area (Å²) >= 11 is 0. The van der Waals surface area contributed by atoms with Gasteiger partial charge in [-0.05, 0) is 31.4 Å². The average Bonchev–Trinajstić information content (AvgIpc) is 2.85. The highest BCUT2D eigenvalue weighted by Crippen LogP contribution is 2.30. The largest absolute Gasteiger partial charge is 0.376 e. The normalized spacial score (nSPS) is 17.1. The Labute approximate surface area is 159 Å². The first-order valence-electron chi connectivity index (χ1n) is 9.30. The summed E-state index contributed by atoms with van der Waals surface area (Å²) in [5.41, 5.74) is 3.04. The number of carbonyl (C=O) groups is 1. The standard InChI is InChI=1S/C19H29N5O3/c1-21(2)15-11-17-16(23(4)19(26)24(17)5)10-14(15)20-18(25)22(3)12-13-8-6-7-9-27-13/h10-11,13H,6-9,12H2,1-5H3,(H,20,25)/t13-/m0/s1. The van der Waals surface area contributed by atoms with E-state index in [0.717, 1.165) is 42.6 Å². The third-order valence-electron chi connectivity index (χ3n) is 5.21. The number of urea groups is 1. The fourth-order valence-corrected chi connectivity index (χ4v) is 3.55. The molecule has 0 aliphatic carbocycles. The summed E-state index contributed by atoms with van der Waals surface area (Å²) in [4.78, 5) is 28.5. The highest BCUT2D eigenvalue weighted by atomic mass is 16.5. The van der Waals surface area contributed by atoms with E-state index < -0.39 is 0 Å². The van der Waals surface area contributed by atoms with Crippen LogP contribution in [-0.2, 0) is 18.8 Å². The molecular formula is C19H29N5O3. The number of aromatic nitrogens is 2. The fourth-order valence-electron chi connectivity index (χ4n) is 3.55. The molecule has 1 aromatic heterocycles. The van der Waals surface area contributed by atoms with Crippen molar-refractivity contribution >= 4 is 28.4 Å². The summed E-state index contributed by atoms with van der Waals surface area (Å²) in [6.07, 6.45) is 3.32. The smallest absolute Gasteiger partial charge is 0.328 e. The third-order valence-corrected chi connectivity index (χ3v) is 5.21. The summed E-state index contributed by atoms with van der Waals surface area (Å²) in [6.45, 7) is 1.33. The molecule has 8 nitrogen and oxygen atoms in total. The van der Waals surface area contributed by atoms with Crippen molar-refractivity contribution in [2.75, 3.05) is 44.5 Å². The maximum atomic E-state index is 12.7. The van der Waals surface area contributed by atoms with Crippen molar-refractivity contribution < 1.29 is 9.53 Å². The zero-order valence-corrected chi connectivity index (χ0v) is 16.8. The van der Waals surface area contributed by atoms with Gasteiger partial charge in [-0.25, -0.2) is 9.59 Å². The Morgan fingerprint density at radius 1 is 1.19 bits per heavy atom. The number of hydrogen-bond acceptors (Lipinski definition) is 4. The first kappa shape index (κ1) is 19.3. The van der Waals surface area contributed by atoms with Gasteiger partial charge in [0.2, 0.25) is 0 Å². The van der Waals surface area contributed by atoms with Crippen LogP contribution < -0.4 is 15.9 Å². The first-order chi connectivity index (χ1) is 12.8. The van der Waals surface area contributed by atoms with E-state index in [0.29, 0.717) is 12.2 Å². The lowest BCUT2D eigenvalue weighted by Crippen LogP contribution is -2.39. The molecule has 0 unspecified atom stereocenters. The molecule has 0 radical (unpaired) electrons. The van der Waals surface area contributed by atoms with Gasteiger partial charge in [-0.2, -0.15) is 0 Å². The number of imidazole rings is 1. The van der Waals surface area contributed by atoms with Crippen LogP contribution in [0.25, 0.3) is 11.0 Å². The monoisotopic (exact) mass is 375 g/mol. The van der Waals surface area contributed by atoms with E-state index in [1.54, 1.807) is 35.2 Å². The third kappa shape index (κ3) is 3.80. The molecule has 0 spiro atoms. The number of nitrogens with one attached hydrogen (secondary N) is 1. The van der Waals surface area contributed by atoms with Crippen LogP contribution in [-0.4, -0.2) is 60.5 Å². The predicted octanol–water partition coefficient (Wildman–Crippen LogP) is 1.98. The topological polar surface area (TPSA) is 71.7 Å². The quantitative estimate of drug-likeness (QED) is 0.887. The number of anilines is 2. The molecule has 1 aliphatic rings. The van der Waals surface area contributed by atoms with Crippen molar-refractivity contribution in [2.24, 2.45) is 14.1 Å². The van der Waals surface area contributed by atoms with E-state index >= 15 is 0 Å². The molecule has 1 N–H and O–H groups in total. The molecule has 1 aliphatic heterocycles. The summed E-state index contributed by atoms with van der Waals surface area (Å²) in [5, 5.41) is 2.99. The molecule has 2 heterocycles. The maximum absolute atomic E-state index is 12.7. The minimum absolute atomic E-state index is 0.0928. The molecule has 3 rings (SSSR count). The van der Waals surface area contributed by atoms with Crippen LogP contribution >= 0.6 is 0 Å². The number of hydrogen-bond donors (Lipinski definition) is 1. The van der Waals surface area contributed by atoms with Gasteiger partial charge < -0.3 is 19.9 Å². The molecule has 148 valence electrons. The Bertz CT molecular complexity index is 893. The molecule has 1 aromatic carbocycles. The number of nitrogens with zero attached hydrogens (tertiary/aromatic N) is 4. The highest BCUT2D eigenvalue weighted by Gasteiger charge is 2.21. The number of likely N-dealkylation sites (N-methyl/N-ethyl adjacent to an activating group) is 1. The van der Waals surface area contributed by atoms with Gasteiger partial charge in [-0.1, -0.05) is 0 Å². The SMILES string of the molecule is CN(C[C@@H]1CCCCO1)C(=O)Nc1cc2c(cc1N(C)C)n(C)c(=O)n2C. The Balaban J connectivity index is 1.86. The molecule has 0 bridgehead atoms. The molecule has 1 atom stereocenters. The van der Waals surface area contributed by atoms with Crippen molar-refractivity contribution in [3.63, 3.8) is 0 Å². The van der Waals surface area contributed by atoms with E-state index in [1.165, 1.54) is 0 Å². The zero-order chi connectivity index (χ0) is 19.7. The summed E-state index contributed by atoms with van der Waals surface area (Å²) in [7, 11) is 9.09. The van der Waals surface area contributed by atoms with Crippen LogP contribution in [0, 0.1) is 0 Å². The van der Waals surface area contributed by atoms with Crippen molar-refractivity contribution in [3.8, 4) is 0 Å². The van der Waals surface area contributed by atoms with Gasteiger partial charge >= 0.3 is 11.7 Å². The molecule has 0 saturated carbocycles. The van der Waals surface area contributed by atoms with Gasteiger partial charge in [0.05, 0.1) is 28.5 Å². The predicted molar refractivity (Wildman–Crippen MR) is 108 cm³/mol. The number of benzene rings is 1. The zero-order valence-electron chi connectivity index (χ0n) is 16.8. The molecular weight excluding hydrogens is 346 g/mol. The molecule has 1 saturated heterocycles. The molecule has 1 fully saturated rings. The molecule has 8 heteroatoms. The van der Waals surface area contributed by atoms with Crippen molar-refractivity contribution in [1.82, 2.24) is 14.0 Å². The van der Waals surface area contributed by atoms with Gasteiger partial charge in [-0.15, -0.1) is 0 Å². The summed E-state index contributed by atoms with van der Waals surface area (Å²) < 4.78 is 8.93. The van der Waals surface area contributed by atoms with Crippen molar-refractivity contribution in [2.45, 2.75) is 25.4 Å². The van der Waals surface area contributed by atoms with Gasteiger partial charge in [0, 0.05) is 48.4 Å². The molecule has 2 aromatic rings. The second-order valence-corrected chi connectivity index (χ2v) is 7.45. The number of carbonyl (C=O) groups excluding carboxylic acids is 1. The Hall–Kier alpha value is -2.48. The van der Waals surface area contributed by atoms with E-state index in [1.807, 2.05) is 31.1 Å². The fraction of sp³-hybridized carbons (Fsp3) is 0.579. The Morgan fingerprint density at radius 2 is 1.85 bits per heavy atom. The van der Waals surface area contributed by atoms with Gasteiger partial charge in [0.25, 0.3) is 0 Å². The first-order valence-corrected chi connectivity index (χ1v) is 9.30. The number of ether oxygens (including phenoxy) is 1. The van der Waals surface area contributed by atoms with E-state index in [9.17, 15) is 9.59 Å². The van der Waals surface area contributed by atoms with E-state index in [4.69, 9.17) is 4.74 Å². The lowest BCUT2D eigenvalue weighted by Gasteiger charge is -2.28. The number of aryl methyl sites for hydroxylation is 2. The van der Waals surface area contributed by atoms with Crippen LogP contribution in [0.5, 0.6) is 0 Å². The van der Waals surface area contributed by atoms with E-state index in [2.05, 4.69) is 5.32 Å². The van der Waals surface area contributed by atoms with E-state index in [-0.39, 0.29) is 17.8 Å². The summed E-state index contributed by atoms with van der Waals surface area (Å²) in [5.74, 6) is 0. The van der Waals surface area contributed by atoms with Gasteiger partial charge in [0.1, 0.15) is 0 Å². The number of amides is 2. The van der Waals surface area contributed by atoms with Crippen LogP contribution in [0.1, 0.15) is 19.3 Å². The number of rotatable bonds is 4. The lowest BCUT2D eigenvalue weighted by atomic mass is 10.1. The Morgan fingerprint density at radius 3 is 2.44 bits per heavy atom. The Kier molecular flexibility index (Phi) is 5.46. The minimum atomic E-state index is -0.187. The van der Waals surface area contributed by atoms with Crippen molar-refractivity contribution in [3.05, 3.63) is 22.6 Å². The minimum Gasteiger partial charge on any atom is -0.376 e. The average molecular weight is 375 g/mol. The van der Waals surface area contributed by atoms with Crippen LogP contribution in [0.4, 0.5) is 16.2 Å². The summed E-state index contributed by atoms with van der Waals surface area (Å²) in [6, 6.07) is 3.60. The maximum Gasteiger partial charge on any atom is 0.328 e. The van der Waals surface area contributed by atoms with Crippen LogP contribution in [0.15, 0.2) is 16.9 Å². The second-order valence-electron chi connectivity index (χ2n) is 7.45. The lowest BCUT2D eigenvalue weighted by molar-refractivity contribution is 0.00464. The number of fused-ring (bicyclic) bond motifs is 1. The van der Waals surface area contributed by atoms with Crippen molar-refractivity contribution in [1.29, 1.82) is 0 Å². The van der Waals surface area contributed by atoms with Crippen LogP contribution in [0.3, 0.4) is 0 Å². The highest BCUT2D eigenvalue weighted by molar-refractivity contribution is 5.97. The molecule has 27 heavy (non-hydrogen) atoms.